The van der Waals surface area contributed by atoms with Crippen LogP contribution in [0.25, 0.3) is 22.7 Å². The van der Waals surface area contributed by atoms with E-state index < -0.39 is 5.56 Å². The third kappa shape index (κ3) is 4.76. The number of nitrogens with one attached hydrogen (secondary N) is 2. The summed E-state index contributed by atoms with van der Waals surface area (Å²) in [6.45, 7) is 1.77. The lowest BCUT2D eigenvalue weighted by Gasteiger charge is -2.11. The number of aryl methyl sites for hydroxylation is 1. The van der Waals surface area contributed by atoms with Gasteiger partial charge >= 0.3 is 0 Å². The molecule has 0 saturated heterocycles. The molecule has 11 nitrogen and oxygen atoms in total. The Hall–Kier alpha value is -4.64. The first kappa shape index (κ1) is 24.1. The van der Waals surface area contributed by atoms with Crippen molar-refractivity contribution in [2.45, 2.75) is 13.3 Å². The van der Waals surface area contributed by atoms with Gasteiger partial charge in [0.1, 0.15) is 11.2 Å². The Morgan fingerprint density at radius 3 is 2.54 bits per heavy atom. The minimum Gasteiger partial charge on any atom is -0.493 e. The Kier molecular flexibility index (Phi) is 6.36. The van der Waals surface area contributed by atoms with E-state index in [0.717, 1.165) is 5.56 Å². The van der Waals surface area contributed by atoms with Crippen molar-refractivity contribution in [2.24, 2.45) is 0 Å². The van der Waals surface area contributed by atoms with Crippen molar-refractivity contribution in [3.8, 4) is 23.1 Å². The van der Waals surface area contributed by atoms with Gasteiger partial charge in [-0.3, -0.25) is 14.6 Å². The average molecular weight is 520 g/mol. The number of carbonyl (C=O) groups is 1. The van der Waals surface area contributed by atoms with Crippen LogP contribution in [0.2, 0.25) is 5.02 Å². The Balaban J connectivity index is 1.47. The Morgan fingerprint density at radius 1 is 1.05 bits per heavy atom. The Morgan fingerprint density at radius 2 is 1.81 bits per heavy atom. The van der Waals surface area contributed by atoms with E-state index in [-0.39, 0.29) is 18.3 Å². The van der Waals surface area contributed by atoms with E-state index in [0.29, 0.717) is 44.8 Å². The standard InChI is InChI=1S/C25H22ClN7O4/c1-14-10-21(28-22(34)12-15-4-9-19(36-2)20(11-15)37-3)33(31-14)25-29-23-18(24(35)30-25)13-27-32(23)17-7-5-16(26)6-8-17/h4-11,13H,12H2,1-3H3,(H,28,34)(H,29,30,35). The number of fused-ring (bicyclic) bond motifs is 1. The lowest BCUT2D eigenvalue weighted by Crippen LogP contribution is -2.20. The number of hydrogen-bond acceptors (Lipinski definition) is 7. The molecule has 1 amide bonds. The lowest BCUT2D eigenvalue weighted by molar-refractivity contribution is -0.115. The van der Waals surface area contributed by atoms with Gasteiger partial charge in [0.25, 0.3) is 5.56 Å². The van der Waals surface area contributed by atoms with Crippen molar-refractivity contribution in [1.82, 2.24) is 29.5 Å². The summed E-state index contributed by atoms with van der Waals surface area (Å²) in [4.78, 5) is 33.1. The van der Waals surface area contributed by atoms with Gasteiger partial charge in [-0.25, -0.2) is 4.68 Å². The summed E-state index contributed by atoms with van der Waals surface area (Å²) in [5, 5.41) is 12.5. The molecule has 0 aliphatic carbocycles. The predicted octanol–water partition coefficient (Wildman–Crippen LogP) is 3.45. The number of halogens is 1. The number of aromatic amines is 1. The first-order valence-electron chi connectivity index (χ1n) is 11.2. The number of H-pyrrole nitrogens is 1. The number of anilines is 1. The first-order valence-corrected chi connectivity index (χ1v) is 11.6. The maximum absolute atomic E-state index is 12.9. The fourth-order valence-corrected chi connectivity index (χ4v) is 4.02. The summed E-state index contributed by atoms with van der Waals surface area (Å²) >= 11 is 6.00. The van der Waals surface area contributed by atoms with Gasteiger partial charge in [0.15, 0.2) is 17.1 Å². The number of nitrogens with zero attached hydrogens (tertiary/aromatic N) is 5. The van der Waals surface area contributed by atoms with Crippen molar-refractivity contribution < 1.29 is 14.3 Å². The quantitative estimate of drug-likeness (QED) is 0.337. The molecule has 3 aromatic heterocycles. The number of rotatable bonds is 7. The second kappa shape index (κ2) is 9.78. The summed E-state index contributed by atoms with van der Waals surface area (Å²) in [6.07, 6.45) is 1.52. The van der Waals surface area contributed by atoms with E-state index in [1.807, 2.05) is 0 Å². The molecule has 3 heterocycles. The van der Waals surface area contributed by atoms with Gasteiger partial charge in [0.2, 0.25) is 11.9 Å². The van der Waals surface area contributed by atoms with Crippen LogP contribution < -0.4 is 20.3 Å². The highest BCUT2D eigenvalue weighted by molar-refractivity contribution is 6.30. The molecule has 5 aromatic rings. The van der Waals surface area contributed by atoms with Crippen LogP contribution in [0.5, 0.6) is 11.5 Å². The second-order valence-electron chi connectivity index (χ2n) is 8.16. The van der Waals surface area contributed by atoms with Crippen LogP contribution in [0.4, 0.5) is 5.82 Å². The van der Waals surface area contributed by atoms with E-state index in [2.05, 4.69) is 25.5 Å². The topological polar surface area (TPSA) is 129 Å². The summed E-state index contributed by atoms with van der Waals surface area (Å²) < 4.78 is 13.5. The van der Waals surface area contributed by atoms with E-state index >= 15 is 0 Å². The van der Waals surface area contributed by atoms with Gasteiger partial charge < -0.3 is 14.8 Å². The van der Waals surface area contributed by atoms with Gasteiger partial charge in [-0.05, 0) is 48.9 Å². The van der Waals surface area contributed by atoms with E-state index in [4.69, 9.17) is 21.1 Å². The Bertz CT molecular complexity index is 1670. The molecular weight excluding hydrogens is 498 g/mol. The summed E-state index contributed by atoms with van der Waals surface area (Å²) in [5.41, 5.74) is 1.98. The van der Waals surface area contributed by atoms with Crippen LogP contribution in [0.15, 0.2) is 59.5 Å². The SMILES string of the molecule is COc1ccc(CC(=O)Nc2cc(C)nn2-c2nc3c(cnn3-c3ccc(Cl)cc3)c(=O)[nH]2)cc1OC. The van der Waals surface area contributed by atoms with Gasteiger partial charge in [0.05, 0.1) is 38.2 Å². The third-order valence-corrected chi connectivity index (χ3v) is 5.86. The van der Waals surface area contributed by atoms with Gasteiger partial charge in [-0.15, -0.1) is 0 Å². The molecule has 0 fully saturated rings. The molecule has 0 atom stereocenters. The Labute approximate surface area is 215 Å². The second-order valence-corrected chi connectivity index (χ2v) is 8.59. The predicted molar refractivity (Wildman–Crippen MR) is 138 cm³/mol. The molecule has 0 spiro atoms. The minimum absolute atomic E-state index is 0.0803. The van der Waals surface area contributed by atoms with Crippen molar-refractivity contribution in [3.63, 3.8) is 0 Å². The maximum Gasteiger partial charge on any atom is 0.263 e. The molecule has 2 N–H and O–H groups in total. The van der Waals surface area contributed by atoms with E-state index in [1.54, 1.807) is 62.6 Å². The van der Waals surface area contributed by atoms with Crippen LogP contribution in [-0.2, 0) is 11.2 Å². The van der Waals surface area contributed by atoms with Crippen LogP contribution in [0, 0.1) is 6.92 Å². The number of aromatic nitrogens is 6. The number of carbonyl (C=O) groups excluding carboxylic acids is 1. The maximum atomic E-state index is 12.9. The van der Waals surface area contributed by atoms with Crippen LogP contribution in [0.1, 0.15) is 11.3 Å². The highest BCUT2D eigenvalue weighted by atomic mass is 35.5. The van der Waals surface area contributed by atoms with E-state index in [9.17, 15) is 9.59 Å². The summed E-state index contributed by atoms with van der Waals surface area (Å²) in [7, 11) is 3.08. The smallest absolute Gasteiger partial charge is 0.263 e. The number of benzene rings is 2. The normalized spacial score (nSPS) is 11.0. The van der Waals surface area contributed by atoms with Crippen molar-refractivity contribution >= 4 is 34.4 Å². The van der Waals surface area contributed by atoms with Gasteiger partial charge in [-0.2, -0.15) is 19.9 Å². The summed E-state index contributed by atoms with van der Waals surface area (Å²) in [6, 6.07) is 13.9. The molecule has 0 aliphatic heterocycles. The lowest BCUT2D eigenvalue weighted by atomic mass is 10.1. The molecule has 5 rings (SSSR count). The highest BCUT2D eigenvalue weighted by Gasteiger charge is 2.17. The van der Waals surface area contributed by atoms with Crippen molar-refractivity contribution in [1.29, 1.82) is 0 Å². The minimum atomic E-state index is -0.393. The molecule has 0 aliphatic rings. The molecule has 0 bridgehead atoms. The van der Waals surface area contributed by atoms with Crippen molar-refractivity contribution in [2.75, 3.05) is 19.5 Å². The average Bonchev–Trinajstić information content (AvgIpc) is 3.47. The van der Waals surface area contributed by atoms with Crippen molar-refractivity contribution in [3.05, 3.63) is 81.4 Å². The fourth-order valence-electron chi connectivity index (χ4n) is 3.89. The zero-order valence-corrected chi connectivity index (χ0v) is 20.9. The van der Waals surface area contributed by atoms with Crippen LogP contribution in [0.3, 0.4) is 0 Å². The fraction of sp³-hybridized carbons (Fsp3) is 0.160. The molecule has 37 heavy (non-hydrogen) atoms. The summed E-state index contributed by atoms with van der Waals surface area (Å²) in [5.74, 6) is 1.29. The number of hydrogen-bond donors (Lipinski definition) is 2. The molecular formula is C25H22ClN7O4. The van der Waals surface area contributed by atoms with Gasteiger partial charge in [0, 0.05) is 11.1 Å². The zero-order valence-electron chi connectivity index (χ0n) is 20.2. The molecule has 0 unspecified atom stereocenters. The number of ether oxygens (including phenoxy) is 2. The third-order valence-electron chi connectivity index (χ3n) is 5.61. The molecule has 188 valence electrons. The van der Waals surface area contributed by atoms with Crippen LogP contribution in [-0.4, -0.2) is 49.7 Å². The highest BCUT2D eigenvalue weighted by Crippen LogP contribution is 2.28. The first-order chi connectivity index (χ1) is 17.9. The number of amides is 1. The monoisotopic (exact) mass is 519 g/mol. The largest absolute Gasteiger partial charge is 0.493 e. The molecule has 0 saturated carbocycles. The zero-order chi connectivity index (χ0) is 26.1. The number of methoxy groups -OCH3 is 2. The van der Waals surface area contributed by atoms with Gasteiger partial charge in [-0.1, -0.05) is 17.7 Å². The van der Waals surface area contributed by atoms with E-state index in [1.165, 1.54) is 22.7 Å². The molecule has 2 aromatic carbocycles. The molecule has 12 heteroatoms. The van der Waals surface area contributed by atoms with Crippen LogP contribution >= 0.6 is 11.6 Å². The molecule has 0 radical (unpaired) electrons.